The van der Waals surface area contributed by atoms with Crippen LogP contribution in [0.2, 0.25) is 5.02 Å². The third-order valence-corrected chi connectivity index (χ3v) is 3.55. The number of para-hydroxylation sites is 1. The van der Waals surface area contributed by atoms with Crippen LogP contribution in [-0.4, -0.2) is 24.0 Å². The Labute approximate surface area is 129 Å². The minimum atomic E-state index is -0.221. The molecule has 1 heterocycles. The zero-order valence-corrected chi connectivity index (χ0v) is 12.9. The van der Waals surface area contributed by atoms with Gasteiger partial charge in [0, 0.05) is 19.3 Å². The molecule has 0 fully saturated rings. The Morgan fingerprint density at radius 2 is 1.90 bits per heavy atom. The number of anilines is 2. The van der Waals surface area contributed by atoms with Crippen molar-refractivity contribution in [2.75, 3.05) is 23.3 Å². The van der Waals surface area contributed by atoms with Crippen LogP contribution in [-0.2, 0) is 0 Å². The summed E-state index contributed by atoms with van der Waals surface area (Å²) < 4.78 is 0. The standard InChI is InChI=1S/C16H18ClN3O/c1-3-20(4-2)15-10-9-12(11-18-15)16(21)19-14-8-6-5-7-13(14)17/h5-11H,3-4H2,1-2H3,(H,19,21). The van der Waals surface area contributed by atoms with Gasteiger partial charge in [-0.15, -0.1) is 0 Å². The van der Waals surface area contributed by atoms with Gasteiger partial charge in [-0.1, -0.05) is 23.7 Å². The molecule has 0 aliphatic heterocycles. The van der Waals surface area contributed by atoms with Crippen LogP contribution in [0.1, 0.15) is 24.2 Å². The lowest BCUT2D eigenvalue weighted by Crippen LogP contribution is -2.23. The van der Waals surface area contributed by atoms with Crippen LogP contribution < -0.4 is 10.2 Å². The number of carbonyl (C=O) groups excluding carboxylic acids is 1. The summed E-state index contributed by atoms with van der Waals surface area (Å²) >= 11 is 6.02. The van der Waals surface area contributed by atoms with Gasteiger partial charge in [-0.05, 0) is 38.1 Å². The maximum Gasteiger partial charge on any atom is 0.257 e. The second-order valence-electron chi connectivity index (χ2n) is 4.51. The van der Waals surface area contributed by atoms with Crippen molar-refractivity contribution < 1.29 is 4.79 Å². The fourth-order valence-electron chi connectivity index (χ4n) is 2.01. The van der Waals surface area contributed by atoms with Gasteiger partial charge in [0.15, 0.2) is 0 Å². The van der Waals surface area contributed by atoms with Crippen molar-refractivity contribution in [3.63, 3.8) is 0 Å². The van der Waals surface area contributed by atoms with E-state index < -0.39 is 0 Å². The lowest BCUT2D eigenvalue weighted by molar-refractivity contribution is 0.102. The largest absolute Gasteiger partial charge is 0.357 e. The van der Waals surface area contributed by atoms with E-state index in [0.717, 1.165) is 18.9 Å². The number of pyridine rings is 1. The Morgan fingerprint density at radius 3 is 2.48 bits per heavy atom. The van der Waals surface area contributed by atoms with Crippen molar-refractivity contribution in [2.24, 2.45) is 0 Å². The molecular weight excluding hydrogens is 286 g/mol. The molecule has 0 bridgehead atoms. The molecule has 5 heteroatoms. The summed E-state index contributed by atoms with van der Waals surface area (Å²) in [7, 11) is 0. The van der Waals surface area contributed by atoms with Crippen LogP contribution in [0.25, 0.3) is 0 Å². The molecule has 1 amide bonds. The molecule has 0 aliphatic rings. The van der Waals surface area contributed by atoms with Crippen molar-refractivity contribution >= 4 is 29.0 Å². The average Bonchev–Trinajstić information content (AvgIpc) is 2.51. The van der Waals surface area contributed by atoms with Crippen LogP contribution in [0, 0.1) is 0 Å². The molecule has 1 aromatic carbocycles. The topological polar surface area (TPSA) is 45.2 Å². The van der Waals surface area contributed by atoms with E-state index in [1.54, 1.807) is 24.4 Å². The fourth-order valence-corrected chi connectivity index (χ4v) is 2.20. The smallest absolute Gasteiger partial charge is 0.257 e. The van der Waals surface area contributed by atoms with Gasteiger partial charge in [-0.25, -0.2) is 4.98 Å². The van der Waals surface area contributed by atoms with E-state index in [1.807, 2.05) is 18.2 Å². The zero-order valence-electron chi connectivity index (χ0n) is 12.1. The maximum absolute atomic E-state index is 12.2. The van der Waals surface area contributed by atoms with E-state index in [2.05, 4.69) is 29.0 Å². The first-order chi connectivity index (χ1) is 10.2. The Morgan fingerprint density at radius 1 is 1.19 bits per heavy atom. The van der Waals surface area contributed by atoms with Gasteiger partial charge < -0.3 is 10.2 Å². The summed E-state index contributed by atoms with van der Waals surface area (Å²) in [6, 6.07) is 10.8. The average molecular weight is 304 g/mol. The molecule has 0 radical (unpaired) electrons. The number of rotatable bonds is 5. The van der Waals surface area contributed by atoms with Gasteiger partial charge in [-0.3, -0.25) is 4.79 Å². The van der Waals surface area contributed by atoms with Gasteiger partial charge >= 0.3 is 0 Å². The molecule has 110 valence electrons. The number of hydrogen-bond acceptors (Lipinski definition) is 3. The van der Waals surface area contributed by atoms with Crippen molar-refractivity contribution in [3.05, 3.63) is 53.2 Å². The second kappa shape index (κ2) is 7.09. The number of amides is 1. The first-order valence-electron chi connectivity index (χ1n) is 6.92. The Bertz CT molecular complexity index is 609. The fraction of sp³-hybridized carbons (Fsp3) is 0.250. The van der Waals surface area contributed by atoms with Crippen LogP contribution in [0.15, 0.2) is 42.6 Å². The number of halogens is 1. The molecule has 1 N–H and O–H groups in total. The summed E-state index contributed by atoms with van der Waals surface area (Å²) in [6.45, 7) is 5.91. The summed E-state index contributed by atoms with van der Waals surface area (Å²) in [5, 5.41) is 3.29. The summed E-state index contributed by atoms with van der Waals surface area (Å²) in [5.41, 5.74) is 1.10. The van der Waals surface area contributed by atoms with Crippen LogP contribution in [0.4, 0.5) is 11.5 Å². The van der Waals surface area contributed by atoms with Gasteiger partial charge in [0.05, 0.1) is 16.3 Å². The highest BCUT2D eigenvalue weighted by Gasteiger charge is 2.10. The minimum absolute atomic E-state index is 0.221. The molecule has 1 aromatic heterocycles. The van der Waals surface area contributed by atoms with Crippen molar-refractivity contribution in [3.8, 4) is 0 Å². The third kappa shape index (κ3) is 3.73. The summed E-state index contributed by atoms with van der Waals surface area (Å²) in [5.74, 6) is 0.649. The molecule has 0 saturated heterocycles. The predicted molar refractivity (Wildman–Crippen MR) is 87.2 cm³/mol. The lowest BCUT2D eigenvalue weighted by atomic mass is 10.2. The van der Waals surface area contributed by atoms with E-state index >= 15 is 0 Å². The van der Waals surface area contributed by atoms with Crippen LogP contribution in [0.5, 0.6) is 0 Å². The zero-order chi connectivity index (χ0) is 15.2. The molecule has 0 saturated carbocycles. The first kappa shape index (κ1) is 15.3. The molecule has 21 heavy (non-hydrogen) atoms. The minimum Gasteiger partial charge on any atom is -0.357 e. The molecule has 4 nitrogen and oxygen atoms in total. The highest BCUT2D eigenvalue weighted by atomic mass is 35.5. The highest BCUT2D eigenvalue weighted by molar-refractivity contribution is 6.33. The Hall–Kier alpha value is -2.07. The van der Waals surface area contributed by atoms with Gasteiger partial charge in [-0.2, -0.15) is 0 Å². The number of carbonyl (C=O) groups is 1. The molecule has 0 aliphatic carbocycles. The van der Waals surface area contributed by atoms with Crippen LogP contribution in [0.3, 0.4) is 0 Å². The quantitative estimate of drug-likeness (QED) is 0.913. The predicted octanol–water partition coefficient (Wildman–Crippen LogP) is 3.83. The van der Waals surface area contributed by atoms with Crippen LogP contribution >= 0.6 is 11.6 Å². The van der Waals surface area contributed by atoms with E-state index in [0.29, 0.717) is 16.3 Å². The molecule has 0 spiro atoms. The molecular formula is C16H18ClN3O. The van der Waals surface area contributed by atoms with E-state index in [9.17, 15) is 4.79 Å². The SMILES string of the molecule is CCN(CC)c1ccc(C(=O)Nc2ccccc2Cl)cn1. The molecule has 2 rings (SSSR count). The van der Waals surface area contributed by atoms with Gasteiger partial charge in [0.2, 0.25) is 0 Å². The molecule has 2 aromatic rings. The number of benzene rings is 1. The van der Waals surface area contributed by atoms with E-state index in [-0.39, 0.29) is 5.91 Å². The molecule has 0 atom stereocenters. The lowest BCUT2D eigenvalue weighted by Gasteiger charge is -2.19. The van der Waals surface area contributed by atoms with Gasteiger partial charge in [0.25, 0.3) is 5.91 Å². The van der Waals surface area contributed by atoms with Crippen molar-refractivity contribution in [2.45, 2.75) is 13.8 Å². The number of nitrogens with one attached hydrogen (secondary N) is 1. The van der Waals surface area contributed by atoms with Gasteiger partial charge in [0.1, 0.15) is 5.82 Å². The normalized spacial score (nSPS) is 10.2. The van der Waals surface area contributed by atoms with E-state index in [4.69, 9.17) is 11.6 Å². The number of aromatic nitrogens is 1. The second-order valence-corrected chi connectivity index (χ2v) is 4.92. The Kier molecular flexibility index (Phi) is 5.17. The van der Waals surface area contributed by atoms with E-state index in [1.165, 1.54) is 0 Å². The molecule has 0 unspecified atom stereocenters. The summed E-state index contributed by atoms with van der Waals surface area (Å²) in [4.78, 5) is 18.6. The third-order valence-electron chi connectivity index (χ3n) is 3.22. The monoisotopic (exact) mass is 303 g/mol. The number of nitrogens with zero attached hydrogens (tertiary/aromatic N) is 2. The van der Waals surface area contributed by atoms with Crippen molar-refractivity contribution in [1.82, 2.24) is 4.98 Å². The summed E-state index contributed by atoms with van der Waals surface area (Å²) in [6.07, 6.45) is 1.58. The van der Waals surface area contributed by atoms with Crippen molar-refractivity contribution in [1.29, 1.82) is 0 Å². The highest BCUT2D eigenvalue weighted by Crippen LogP contribution is 2.21. The Balaban J connectivity index is 2.12. The first-order valence-corrected chi connectivity index (χ1v) is 7.30. The number of hydrogen-bond donors (Lipinski definition) is 1. The maximum atomic E-state index is 12.2.